The van der Waals surface area contributed by atoms with Crippen molar-refractivity contribution in [2.45, 2.75) is 19.5 Å². The van der Waals surface area contributed by atoms with Crippen LogP contribution in [0.4, 0.5) is 0 Å². The number of fused-ring (bicyclic) bond motifs is 2. The van der Waals surface area contributed by atoms with E-state index in [2.05, 4.69) is 63.7 Å². The third-order valence-corrected chi connectivity index (χ3v) is 5.77. The van der Waals surface area contributed by atoms with Gasteiger partial charge in [0.2, 0.25) is 0 Å². The Morgan fingerprint density at radius 2 is 2.00 bits per heavy atom. The molecule has 1 aliphatic heterocycles. The average molecular weight is 346 g/mol. The summed E-state index contributed by atoms with van der Waals surface area (Å²) in [5.74, 6) is 0. The highest BCUT2D eigenvalue weighted by Crippen LogP contribution is 2.39. The van der Waals surface area contributed by atoms with E-state index in [0.29, 0.717) is 0 Å². The molecule has 3 aromatic heterocycles. The Balaban J connectivity index is 1.78. The van der Waals surface area contributed by atoms with Crippen molar-refractivity contribution in [3.8, 4) is 22.4 Å². The highest BCUT2D eigenvalue weighted by molar-refractivity contribution is 7.17. The minimum absolute atomic E-state index is 0.281. The van der Waals surface area contributed by atoms with Crippen LogP contribution in [0.1, 0.15) is 18.7 Å². The van der Waals surface area contributed by atoms with Crippen molar-refractivity contribution in [2.75, 3.05) is 6.54 Å². The molecule has 1 unspecified atom stereocenters. The lowest BCUT2D eigenvalue weighted by Crippen LogP contribution is -2.32. The van der Waals surface area contributed by atoms with E-state index in [1.54, 1.807) is 11.3 Å². The topological polar surface area (TPSA) is 42.7 Å². The van der Waals surface area contributed by atoms with Crippen LogP contribution in [0.5, 0.6) is 0 Å². The highest BCUT2D eigenvalue weighted by atomic mass is 32.1. The van der Waals surface area contributed by atoms with Gasteiger partial charge in [-0.3, -0.25) is 9.67 Å². The summed E-state index contributed by atoms with van der Waals surface area (Å²) in [7, 11) is 0. The lowest BCUT2D eigenvalue weighted by molar-refractivity contribution is 0.421. The van der Waals surface area contributed by atoms with Crippen LogP contribution in [0.3, 0.4) is 0 Å². The normalized spacial score (nSPS) is 16.9. The van der Waals surface area contributed by atoms with E-state index in [4.69, 9.17) is 5.10 Å². The van der Waals surface area contributed by atoms with Gasteiger partial charge in [-0.15, -0.1) is 11.3 Å². The molecule has 4 nitrogen and oxygen atoms in total. The molecule has 0 saturated heterocycles. The van der Waals surface area contributed by atoms with Crippen molar-refractivity contribution in [1.29, 1.82) is 0 Å². The summed E-state index contributed by atoms with van der Waals surface area (Å²) in [6.07, 6.45) is 3.71. The lowest BCUT2D eigenvalue weighted by Gasteiger charge is -2.23. The van der Waals surface area contributed by atoms with Crippen molar-refractivity contribution in [2.24, 2.45) is 0 Å². The molecule has 0 fully saturated rings. The first kappa shape index (κ1) is 14.8. The number of hydrogen-bond acceptors (Lipinski definition) is 4. The van der Waals surface area contributed by atoms with Crippen molar-refractivity contribution in [3.05, 3.63) is 59.9 Å². The smallest absolute Gasteiger partial charge is 0.100 e. The summed E-state index contributed by atoms with van der Waals surface area (Å²) >= 11 is 1.78. The predicted octanol–water partition coefficient (Wildman–Crippen LogP) is 4.49. The van der Waals surface area contributed by atoms with Gasteiger partial charge < -0.3 is 5.32 Å². The van der Waals surface area contributed by atoms with Crippen molar-refractivity contribution >= 4 is 21.4 Å². The Kier molecular flexibility index (Phi) is 3.43. The van der Waals surface area contributed by atoms with Gasteiger partial charge >= 0.3 is 0 Å². The van der Waals surface area contributed by atoms with Crippen LogP contribution in [0.2, 0.25) is 0 Å². The summed E-state index contributed by atoms with van der Waals surface area (Å²) in [5, 5.41) is 12.0. The molecule has 0 aliphatic carbocycles. The van der Waals surface area contributed by atoms with Gasteiger partial charge in [0.15, 0.2) is 0 Å². The fourth-order valence-corrected chi connectivity index (χ4v) is 4.46. The van der Waals surface area contributed by atoms with Gasteiger partial charge in [-0.25, -0.2) is 0 Å². The first-order chi connectivity index (χ1) is 12.3. The molecule has 1 aromatic carbocycles. The Labute approximate surface area is 150 Å². The standard InChI is InChI=1S/C20H18N4S/c1-13-20-18(14-4-7-21-8-5-14)19(23-24(20)10-9-22-13)16-2-3-17-15(12-16)6-11-25-17/h2-8,11-13,22H,9-10H2,1H3. The maximum absolute atomic E-state index is 5.00. The third kappa shape index (κ3) is 2.39. The number of pyridine rings is 1. The third-order valence-electron chi connectivity index (χ3n) is 4.87. The van der Waals surface area contributed by atoms with Gasteiger partial charge in [0.1, 0.15) is 5.69 Å². The van der Waals surface area contributed by atoms with Gasteiger partial charge in [0.05, 0.1) is 12.2 Å². The zero-order chi connectivity index (χ0) is 16.8. The summed E-state index contributed by atoms with van der Waals surface area (Å²) in [4.78, 5) is 4.18. The Hall–Kier alpha value is -2.50. The largest absolute Gasteiger partial charge is 0.307 e. The molecule has 1 aliphatic rings. The second-order valence-electron chi connectivity index (χ2n) is 6.42. The molecule has 0 spiro atoms. The van der Waals surface area contributed by atoms with Crippen LogP contribution in [-0.4, -0.2) is 21.3 Å². The van der Waals surface area contributed by atoms with Crippen LogP contribution < -0.4 is 5.32 Å². The summed E-state index contributed by atoms with van der Waals surface area (Å²) in [5.41, 5.74) is 5.89. The molecule has 25 heavy (non-hydrogen) atoms. The number of nitrogens with one attached hydrogen (secondary N) is 1. The molecule has 1 N–H and O–H groups in total. The fraction of sp³-hybridized carbons (Fsp3) is 0.200. The number of aromatic nitrogens is 3. The number of hydrogen-bond donors (Lipinski definition) is 1. The second kappa shape index (κ2) is 5.79. The second-order valence-corrected chi connectivity index (χ2v) is 7.36. The van der Waals surface area contributed by atoms with Crippen molar-refractivity contribution < 1.29 is 0 Å². The molecular formula is C20H18N4S. The molecule has 124 valence electrons. The van der Waals surface area contributed by atoms with Gasteiger partial charge in [0.25, 0.3) is 0 Å². The van der Waals surface area contributed by atoms with E-state index < -0.39 is 0 Å². The van der Waals surface area contributed by atoms with Gasteiger partial charge in [-0.2, -0.15) is 5.10 Å². The molecule has 0 radical (unpaired) electrons. The summed E-state index contributed by atoms with van der Waals surface area (Å²) in [6, 6.07) is 13.3. The van der Waals surface area contributed by atoms with Gasteiger partial charge in [0, 0.05) is 40.8 Å². The first-order valence-corrected chi connectivity index (χ1v) is 9.41. The quantitative estimate of drug-likeness (QED) is 0.581. The highest BCUT2D eigenvalue weighted by Gasteiger charge is 2.26. The van der Waals surface area contributed by atoms with Crippen LogP contribution in [-0.2, 0) is 6.54 Å². The minimum Gasteiger partial charge on any atom is -0.307 e. The van der Waals surface area contributed by atoms with Gasteiger partial charge in [-0.05, 0) is 53.6 Å². The molecule has 5 heteroatoms. The van der Waals surface area contributed by atoms with Crippen LogP contribution in [0.25, 0.3) is 32.5 Å². The van der Waals surface area contributed by atoms with E-state index in [9.17, 15) is 0 Å². The minimum atomic E-state index is 0.281. The molecule has 4 heterocycles. The van der Waals surface area contributed by atoms with Crippen molar-refractivity contribution in [1.82, 2.24) is 20.1 Å². The molecule has 4 aromatic rings. The first-order valence-electron chi connectivity index (χ1n) is 8.53. The van der Waals surface area contributed by atoms with E-state index in [1.807, 2.05) is 12.4 Å². The Bertz CT molecular complexity index is 1050. The number of rotatable bonds is 2. The lowest BCUT2D eigenvalue weighted by atomic mass is 9.96. The van der Waals surface area contributed by atoms with Crippen LogP contribution in [0.15, 0.2) is 54.2 Å². The van der Waals surface area contributed by atoms with Crippen LogP contribution in [0, 0.1) is 0 Å². The molecule has 1 atom stereocenters. The number of thiophene rings is 1. The monoisotopic (exact) mass is 346 g/mol. The maximum atomic E-state index is 5.00. The molecule has 0 bridgehead atoms. The Morgan fingerprint density at radius 3 is 2.88 bits per heavy atom. The number of nitrogens with zero attached hydrogens (tertiary/aromatic N) is 3. The summed E-state index contributed by atoms with van der Waals surface area (Å²) < 4.78 is 3.48. The van der Waals surface area contributed by atoms with Gasteiger partial charge in [-0.1, -0.05) is 6.07 Å². The summed E-state index contributed by atoms with van der Waals surface area (Å²) in [6.45, 7) is 4.07. The molecule has 0 saturated carbocycles. The van der Waals surface area contributed by atoms with E-state index in [-0.39, 0.29) is 6.04 Å². The maximum Gasteiger partial charge on any atom is 0.100 e. The average Bonchev–Trinajstić information content (AvgIpc) is 3.26. The van der Waals surface area contributed by atoms with E-state index in [1.165, 1.54) is 32.5 Å². The molecule has 5 rings (SSSR count). The van der Waals surface area contributed by atoms with E-state index >= 15 is 0 Å². The Morgan fingerprint density at radius 1 is 1.12 bits per heavy atom. The molecular weight excluding hydrogens is 328 g/mol. The fourth-order valence-electron chi connectivity index (χ4n) is 3.69. The van der Waals surface area contributed by atoms with Crippen LogP contribution >= 0.6 is 11.3 Å². The SMILES string of the molecule is CC1NCCn2nc(-c3ccc4sccc4c3)c(-c3ccncc3)c21. The molecule has 0 amide bonds. The van der Waals surface area contributed by atoms with E-state index in [0.717, 1.165) is 18.8 Å². The zero-order valence-electron chi connectivity index (χ0n) is 13.9. The number of benzene rings is 1. The van der Waals surface area contributed by atoms with Crippen molar-refractivity contribution in [3.63, 3.8) is 0 Å². The zero-order valence-corrected chi connectivity index (χ0v) is 14.8. The predicted molar refractivity (Wildman–Crippen MR) is 103 cm³/mol.